The van der Waals surface area contributed by atoms with Gasteiger partial charge in [-0.05, 0) is 33.7 Å². The molecule has 0 aromatic rings. The van der Waals surface area contributed by atoms with E-state index >= 15 is 0 Å². The minimum atomic E-state index is -0.0654. The molecular formula is C9H17NO2. The third-order valence-corrected chi connectivity index (χ3v) is 2.60. The van der Waals surface area contributed by atoms with Crippen LogP contribution in [0.1, 0.15) is 26.7 Å². The van der Waals surface area contributed by atoms with Gasteiger partial charge in [0.2, 0.25) is 0 Å². The third kappa shape index (κ3) is 1.78. The molecule has 0 unspecified atom stereocenters. The van der Waals surface area contributed by atoms with Gasteiger partial charge in [-0.1, -0.05) is 0 Å². The van der Waals surface area contributed by atoms with Crippen molar-refractivity contribution in [3.63, 3.8) is 0 Å². The normalized spacial score (nSPS) is 30.6. The van der Waals surface area contributed by atoms with Crippen LogP contribution in [0.3, 0.4) is 0 Å². The summed E-state index contributed by atoms with van der Waals surface area (Å²) in [4.78, 5) is 13.4. The van der Waals surface area contributed by atoms with Crippen LogP contribution in [0, 0.1) is 0 Å². The Morgan fingerprint density at radius 2 is 2.25 bits per heavy atom. The number of likely N-dealkylation sites (N-methyl/N-ethyl adjacent to an activating group) is 1. The van der Waals surface area contributed by atoms with Gasteiger partial charge in [0.1, 0.15) is 6.04 Å². The van der Waals surface area contributed by atoms with Gasteiger partial charge in [-0.3, -0.25) is 9.69 Å². The topological polar surface area (TPSA) is 29.5 Å². The van der Waals surface area contributed by atoms with Gasteiger partial charge in [0.05, 0.1) is 6.61 Å². The zero-order valence-electron chi connectivity index (χ0n) is 8.04. The number of nitrogens with zero attached hydrogens (tertiary/aromatic N) is 1. The summed E-state index contributed by atoms with van der Waals surface area (Å²) in [7, 11) is 1.99. The summed E-state index contributed by atoms with van der Waals surface area (Å²) in [5, 5.41) is 0. The maximum Gasteiger partial charge on any atom is 0.323 e. The molecule has 0 saturated carbocycles. The molecule has 0 bridgehead atoms. The van der Waals surface area contributed by atoms with Gasteiger partial charge in [-0.15, -0.1) is 0 Å². The second-order valence-corrected chi connectivity index (χ2v) is 3.36. The van der Waals surface area contributed by atoms with Crippen LogP contribution in [-0.2, 0) is 9.53 Å². The fourth-order valence-corrected chi connectivity index (χ4v) is 1.64. The van der Waals surface area contributed by atoms with Crippen molar-refractivity contribution in [2.75, 3.05) is 13.7 Å². The average Bonchev–Trinajstić information content (AvgIpc) is 2.34. The van der Waals surface area contributed by atoms with Crippen LogP contribution in [0.2, 0.25) is 0 Å². The lowest BCUT2D eigenvalue weighted by Gasteiger charge is -2.21. The number of likely N-dealkylation sites (tertiary alicyclic amines) is 1. The second-order valence-electron chi connectivity index (χ2n) is 3.36. The first-order chi connectivity index (χ1) is 5.66. The van der Waals surface area contributed by atoms with E-state index < -0.39 is 0 Å². The van der Waals surface area contributed by atoms with Gasteiger partial charge in [0, 0.05) is 6.04 Å². The third-order valence-electron chi connectivity index (χ3n) is 2.60. The summed E-state index contributed by atoms with van der Waals surface area (Å²) in [5.74, 6) is -0.0654. The molecule has 0 radical (unpaired) electrons. The Hall–Kier alpha value is -0.570. The fraction of sp³-hybridized carbons (Fsp3) is 0.889. The molecule has 0 aliphatic carbocycles. The molecule has 1 aliphatic heterocycles. The zero-order chi connectivity index (χ0) is 9.14. The number of carbonyl (C=O) groups is 1. The maximum absolute atomic E-state index is 11.3. The van der Waals surface area contributed by atoms with Crippen molar-refractivity contribution in [2.45, 2.75) is 38.8 Å². The van der Waals surface area contributed by atoms with Crippen LogP contribution in [0.25, 0.3) is 0 Å². The zero-order valence-corrected chi connectivity index (χ0v) is 8.04. The Bertz CT molecular complexity index is 170. The molecule has 3 nitrogen and oxygen atoms in total. The Morgan fingerprint density at radius 1 is 1.58 bits per heavy atom. The Balaban J connectivity index is 2.47. The van der Waals surface area contributed by atoms with Crippen molar-refractivity contribution >= 4 is 5.97 Å². The second kappa shape index (κ2) is 3.90. The Morgan fingerprint density at radius 3 is 2.67 bits per heavy atom. The van der Waals surface area contributed by atoms with Crippen LogP contribution < -0.4 is 0 Å². The Labute approximate surface area is 73.7 Å². The van der Waals surface area contributed by atoms with Crippen molar-refractivity contribution in [2.24, 2.45) is 0 Å². The highest BCUT2D eigenvalue weighted by molar-refractivity contribution is 5.76. The molecule has 1 heterocycles. The number of hydrogen-bond acceptors (Lipinski definition) is 3. The van der Waals surface area contributed by atoms with E-state index in [-0.39, 0.29) is 12.0 Å². The minimum Gasteiger partial charge on any atom is -0.465 e. The van der Waals surface area contributed by atoms with E-state index in [1.807, 2.05) is 14.0 Å². The first kappa shape index (κ1) is 9.52. The van der Waals surface area contributed by atoms with Crippen LogP contribution in [-0.4, -0.2) is 36.6 Å². The molecule has 0 amide bonds. The maximum atomic E-state index is 11.3. The molecule has 1 rings (SSSR count). The summed E-state index contributed by atoms with van der Waals surface area (Å²) in [5.41, 5.74) is 0. The molecule has 2 atom stereocenters. The van der Waals surface area contributed by atoms with E-state index in [9.17, 15) is 4.79 Å². The minimum absolute atomic E-state index is 0.0000463. The predicted molar refractivity (Wildman–Crippen MR) is 46.9 cm³/mol. The smallest absolute Gasteiger partial charge is 0.323 e. The molecule has 70 valence electrons. The molecule has 0 spiro atoms. The molecule has 1 fully saturated rings. The van der Waals surface area contributed by atoms with Gasteiger partial charge in [-0.25, -0.2) is 0 Å². The molecule has 0 aromatic carbocycles. The van der Waals surface area contributed by atoms with E-state index in [0.717, 1.165) is 12.8 Å². The van der Waals surface area contributed by atoms with E-state index in [0.29, 0.717) is 12.6 Å². The molecule has 1 aliphatic rings. The van der Waals surface area contributed by atoms with E-state index in [2.05, 4.69) is 11.8 Å². The molecule has 3 heteroatoms. The van der Waals surface area contributed by atoms with Crippen molar-refractivity contribution in [1.82, 2.24) is 4.90 Å². The molecule has 1 saturated heterocycles. The first-order valence-corrected chi connectivity index (χ1v) is 4.55. The van der Waals surface area contributed by atoms with Crippen molar-refractivity contribution in [3.05, 3.63) is 0 Å². The molecule has 0 aromatic heterocycles. The van der Waals surface area contributed by atoms with Gasteiger partial charge in [0.25, 0.3) is 0 Å². The largest absolute Gasteiger partial charge is 0.465 e. The van der Waals surface area contributed by atoms with E-state index in [1.165, 1.54) is 0 Å². The van der Waals surface area contributed by atoms with Gasteiger partial charge >= 0.3 is 5.97 Å². The lowest BCUT2D eigenvalue weighted by atomic mass is 10.2. The molecule has 0 N–H and O–H groups in total. The predicted octanol–water partition coefficient (Wildman–Crippen LogP) is 1.03. The van der Waals surface area contributed by atoms with Crippen LogP contribution in [0.5, 0.6) is 0 Å². The van der Waals surface area contributed by atoms with E-state index in [1.54, 1.807) is 0 Å². The van der Waals surface area contributed by atoms with Crippen molar-refractivity contribution in [1.29, 1.82) is 0 Å². The van der Waals surface area contributed by atoms with Crippen LogP contribution in [0.15, 0.2) is 0 Å². The highest BCUT2D eigenvalue weighted by Gasteiger charge is 2.33. The first-order valence-electron chi connectivity index (χ1n) is 4.55. The Kier molecular flexibility index (Phi) is 3.09. The number of carbonyl (C=O) groups excluding carboxylic acids is 1. The van der Waals surface area contributed by atoms with Gasteiger partial charge in [-0.2, -0.15) is 0 Å². The summed E-state index contributed by atoms with van der Waals surface area (Å²) < 4.78 is 4.96. The highest BCUT2D eigenvalue weighted by Crippen LogP contribution is 2.22. The number of esters is 1. The monoisotopic (exact) mass is 171 g/mol. The summed E-state index contributed by atoms with van der Waals surface area (Å²) >= 11 is 0. The quantitative estimate of drug-likeness (QED) is 0.581. The van der Waals surface area contributed by atoms with Crippen molar-refractivity contribution in [3.8, 4) is 0 Å². The lowest BCUT2D eigenvalue weighted by Crippen LogP contribution is -2.37. The van der Waals surface area contributed by atoms with Gasteiger partial charge in [0.15, 0.2) is 0 Å². The average molecular weight is 171 g/mol. The standard InChI is InChI=1S/C9H17NO2/c1-4-12-9(11)8-6-5-7(2)10(8)3/h7-8H,4-6H2,1-3H3/t7-,8-/m0/s1. The van der Waals surface area contributed by atoms with Gasteiger partial charge < -0.3 is 4.74 Å². The summed E-state index contributed by atoms with van der Waals surface area (Å²) in [6.45, 7) is 4.47. The van der Waals surface area contributed by atoms with Crippen LogP contribution >= 0.6 is 0 Å². The lowest BCUT2D eigenvalue weighted by molar-refractivity contribution is -0.148. The highest BCUT2D eigenvalue weighted by atomic mass is 16.5. The van der Waals surface area contributed by atoms with E-state index in [4.69, 9.17) is 4.74 Å². The summed E-state index contributed by atoms with van der Waals surface area (Å²) in [6, 6.07) is 0.513. The molecular weight excluding hydrogens is 154 g/mol. The SMILES string of the molecule is CCOC(=O)[C@@H]1CC[C@H](C)N1C. The number of hydrogen-bond donors (Lipinski definition) is 0. The number of rotatable bonds is 2. The fourth-order valence-electron chi connectivity index (χ4n) is 1.64. The summed E-state index contributed by atoms with van der Waals surface area (Å²) in [6.07, 6.45) is 2.04. The number of ether oxygens (including phenoxy) is 1. The van der Waals surface area contributed by atoms with Crippen LogP contribution in [0.4, 0.5) is 0 Å². The van der Waals surface area contributed by atoms with Crippen molar-refractivity contribution < 1.29 is 9.53 Å². The molecule has 12 heavy (non-hydrogen) atoms.